The molecule has 0 radical (unpaired) electrons. The van der Waals surface area contributed by atoms with E-state index >= 15 is 0 Å². The molecule has 0 aliphatic rings. The summed E-state index contributed by atoms with van der Waals surface area (Å²) in [6, 6.07) is 5.64. The van der Waals surface area contributed by atoms with E-state index in [0.29, 0.717) is 5.69 Å². The molecule has 1 heterocycles. The Hall–Kier alpha value is -1.55. The second kappa shape index (κ2) is 4.14. The molecule has 16 heavy (non-hydrogen) atoms. The van der Waals surface area contributed by atoms with Crippen LogP contribution in [0.5, 0.6) is 5.75 Å². The molecule has 1 aromatic heterocycles. The Kier molecular flexibility index (Phi) is 2.83. The number of aromatic nitrogens is 1. The number of aryl methyl sites for hydroxylation is 2. The fourth-order valence-corrected chi connectivity index (χ4v) is 2.42. The van der Waals surface area contributed by atoms with Crippen molar-refractivity contribution in [3.63, 3.8) is 0 Å². The monoisotopic (exact) mass is 234 g/mol. The number of hydrogen-bond acceptors (Lipinski definition) is 4. The molecule has 1 aromatic carbocycles. The van der Waals surface area contributed by atoms with Crippen LogP contribution >= 0.6 is 11.3 Å². The van der Waals surface area contributed by atoms with Gasteiger partial charge in [-0.25, -0.2) is 4.98 Å². The van der Waals surface area contributed by atoms with Crippen molar-refractivity contribution >= 4 is 17.0 Å². The van der Waals surface area contributed by atoms with E-state index in [2.05, 4.69) is 11.9 Å². The van der Waals surface area contributed by atoms with Crippen molar-refractivity contribution in [1.82, 2.24) is 4.98 Å². The van der Waals surface area contributed by atoms with Crippen molar-refractivity contribution in [2.75, 3.05) is 12.8 Å². The number of nitrogen functional groups attached to an aromatic ring is 1. The second-order valence-corrected chi connectivity index (χ2v) is 4.82. The molecule has 0 atom stereocenters. The first kappa shape index (κ1) is 11.0. The van der Waals surface area contributed by atoms with Crippen molar-refractivity contribution in [3.05, 3.63) is 28.8 Å². The number of thiazole rings is 1. The van der Waals surface area contributed by atoms with Crippen LogP contribution in [0, 0.1) is 13.8 Å². The quantitative estimate of drug-likeness (QED) is 0.812. The third-order valence-electron chi connectivity index (χ3n) is 2.48. The first-order valence-electron chi connectivity index (χ1n) is 4.99. The van der Waals surface area contributed by atoms with Crippen molar-refractivity contribution in [3.8, 4) is 16.3 Å². The Morgan fingerprint density at radius 3 is 2.62 bits per heavy atom. The number of ether oxygens (including phenoxy) is 1. The molecule has 0 fully saturated rings. The third kappa shape index (κ3) is 1.88. The van der Waals surface area contributed by atoms with E-state index in [-0.39, 0.29) is 0 Å². The number of hydrogen-bond donors (Lipinski definition) is 1. The van der Waals surface area contributed by atoms with Crippen LogP contribution in [0.1, 0.15) is 10.6 Å². The number of anilines is 1. The molecule has 4 heteroatoms. The summed E-state index contributed by atoms with van der Waals surface area (Å²) in [6.07, 6.45) is 0. The van der Waals surface area contributed by atoms with E-state index in [0.717, 1.165) is 22.0 Å². The minimum Gasteiger partial charge on any atom is -0.496 e. The number of rotatable bonds is 2. The van der Waals surface area contributed by atoms with Gasteiger partial charge in [0.25, 0.3) is 0 Å². The average molecular weight is 234 g/mol. The zero-order valence-electron chi connectivity index (χ0n) is 9.57. The second-order valence-electron chi connectivity index (χ2n) is 3.62. The van der Waals surface area contributed by atoms with Gasteiger partial charge >= 0.3 is 0 Å². The summed E-state index contributed by atoms with van der Waals surface area (Å²) in [4.78, 5) is 5.75. The normalized spacial score (nSPS) is 10.4. The van der Waals surface area contributed by atoms with Crippen molar-refractivity contribution in [2.45, 2.75) is 13.8 Å². The van der Waals surface area contributed by atoms with Crippen LogP contribution in [0.15, 0.2) is 18.2 Å². The lowest BCUT2D eigenvalue weighted by molar-refractivity contribution is 0.416. The van der Waals surface area contributed by atoms with E-state index in [1.54, 1.807) is 18.4 Å². The van der Waals surface area contributed by atoms with Gasteiger partial charge in [-0.1, -0.05) is 0 Å². The van der Waals surface area contributed by atoms with Gasteiger partial charge in [-0.15, -0.1) is 11.3 Å². The van der Waals surface area contributed by atoms with Gasteiger partial charge < -0.3 is 10.5 Å². The van der Waals surface area contributed by atoms with Crippen molar-refractivity contribution < 1.29 is 4.74 Å². The summed E-state index contributed by atoms with van der Waals surface area (Å²) in [7, 11) is 1.64. The van der Waals surface area contributed by atoms with Gasteiger partial charge in [-0.05, 0) is 26.0 Å². The Morgan fingerprint density at radius 1 is 1.31 bits per heavy atom. The molecule has 0 saturated heterocycles. The van der Waals surface area contributed by atoms with Crippen LogP contribution < -0.4 is 10.5 Å². The average Bonchev–Trinajstić information content (AvgIpc) is 2.59. The standard InChI is InChI=1S/C12H14N2OS/c1-7-8(2)16-12(14-7)10-5-4-9(13)6-11(10)15-3/h4-6H,13H2,1-3H3. The smallest absolute Gasteiger partial charge is 0.131 e. The zero-order chi connectivity index (χ0) is 11.7. The maximum Gasteiger partial charge on any atom is 0.131 e. The van der Waals surface area contributed by atoms with E-state index in [1.807, 2.05) is 25.1 Å². The molecule has 0 aliphatic carbocycles. The van der Waals surface area contributed by atoms with Crippen LogP contribution in [0.3, 0.4) is 0 Å². The van der Waals surface area contributed by atoms with Gasteiger partial charge in [0.2, 0.25) is 0 Å². The first-order chi connectivity index (χ1) is 7.61. The maximum atomic E-state index is 5.72. The molecule has 2 N–H and O–H groups in total. The van der Waals surface area contributed by atoms with Crippen LogP contribution in [-0.2, 0) is 0 Å². The molecule has 0 unspecified atom stereocenters. The fraction of sp³-hybridized carbons (Fsp3) is 0.250. The molecule has 0 saturated carbocycles. The van der Waals surface area contributed by atoms with Crippen LogP contribution in [0.2, 0.25) is 0 Å². The Morgan fingerprint density at radius 2 is 2.06 bits per heavy atom. The van der Waals surface area contributed by atoms with Gasteiger partial charge in [0.1, 0.15) is 10.8 Å². The van der Waals surface area contributed by atoms with Crippen LogP contribution in [-0.4, -0.2) is 12.1 Å². The number of methoxy groups -OCH3 is 1. The Labute approximate surface area is 98.9 Å². The van der Waals surface area contributed by atoms with Crippen LogP contribution in [0.4, 0.5) is 5.69 Å². The summed E-state index contributed by atoms with van der Waals surface area (Å²) in [5, 5.41) is 0.979. The lowest BCUT2D eigenvalue weighted by Crippen LogP contribution is -1.91. The molecule has 2 aromatic rings. The van der Waals surface area contributed by atoms with E-state index in [9.17, 15) is 0 Å². The lowest BCUT2D eigenvalue weighted by Gasteiger charge is -2.06. The molecular formula is C12H14N2OS. The predicted molar refractivity (Wildman–Crippen MR) is 68.0 cm³/mol. The van der Waals surface area contributed by atoms with Crippen molar-refractivity contribution in [2.24, 2.45) is 0 Å². The SMILES string of the molecule is COc1cc(N)ccc1-c1nc(C)c(C)s1. The van der Waals surface area contributed by atoms with Crippen molar-refractivity contribution in [1.29, 1.82) is 0 Å². The minimum absolute atomic E-state index is 0.700. The summed E-state index contributed by atoms with van der Waals surface area (Å²) in [5.41, 5.74) is 8.49. The van der Waals surface area contributed by atoms with Gasteiger partial charge in [0.05, 0.1) is 18.4 Å². The number of nitrogens with two attached hydrogens (primary N) is 1. The van der Waals surface area contributed by atoms with Gasteiger partial charge in [-0.2, -0.15) is 0 Å². The molecule has 0 aliphatic heterocycles. The highest BCUT2D eigenvalue weighted by molar-refractivity contribution is 7.15. The van der Waals surface area contributed by atoms with Gasteiger partial charge in [0, 0.05) is 16.6 Å². The number of benzene rings is 1. The zero-order valence-corrected chi connectivity index (χ0v) is 10.4. The predicted octanol–water partition coefficient (Wildman–Crippen LogP) is 3.02. The molecule has 0 amide bonds. The summed E-state index contributed by atoms with van der Waals surface area (Å²) in [5.74, 6) is 0.772. The summed E-state index contributed by atoms with van der Waals surface area (Å²) >= 11 is 1.67. The van der Waals surface area contributed by atoms with E-state index < -0.39 is 0 Å². The maximum absolute atomic E-state index is 5.72. The number of nitrogens with zero attached hydrogens (tertiary/aromatic N) is 1. The fourth-order valence-electron chi connectivity index (χ4n) is 1.47. The highest BCUT2D eigenvalue weighted by Crippen LogP contribution is 2.35. The molecular weight excluding hydrogens is 220 g/mol. The molecule has 0 spiro atoms. The van der Waals surface area contributed by atoms with E-state index in [1.165, 1.54) is 4.88 Å². The van der Waals surface area contributed by atoms with Gasteiger partial charge in [-0.3, -0.25) is 0 Å². The molecule has 3 nitrogen and oxygen atoms in total. The molecule has 2 rings (SSSR count). The first-order valence-corrected chi connectivity index (χ1v) is 5.81. The largest absolute Gasteiger partial charge is 0.496 e. The van der Waals surface area contributed by atoms with Crippen LogP contribution in [0.25, 0.3) is 10.6 Å². The highest BCUT2D eigenvalue weighted by atomic mass is 32.1. The Balaban J connectivity index is 2.55. The van der Waals surface area contributed by atoms with E-state index in [4.69, 9.17) is 10.5 Å². The molecule has 0 bridgehead atoms. The summed E-state index contributed by atoms with van der Waals surface area (Å²) < 4.78 is 5.32. The summed E-state index contributed by atoms with van der Waals surface area (Å²) in [6.45, 7) is 4.08. The minimum atomic E-state index is 0.700. The topological polar surface area (TPSA) is 48.1 Å². The Bertz CT molecular complexity index is 500. The molecule has 84 valence electrons. The highest BCUT2D eigenvalue weighted by Gasteiger charge is 2.11. The lowest BCUT2D eigenvalue weighted by atomic mass is 10.2. The third-order valence-corrected chi connectivity index (χ3v) is 3.59. The van der Waals surface area contributed by atoms with Gasteiger partial charge in [0.15, 0.2) is 0 Å².